The molecule has 0 fully saturated rings. The van der Waals surface area contributed by atoms with Gasteiger partial charge in [-0.25, -0.2) is 0 Å². The number of para-hydroxylation sites is 1. The van der Waals surface area contributed by atoms with Crippen LogP contribution in [0.15, 0.2) is 48.5 Å². The largest absolute Gasteiger partial charge is 0.495 e. The van der Waals surface area contributed by atoms with E-state index in [1.165, 1.54) is 0 Å². The van der Waals surface area contributed by atoms with Crippen LogP contribution in [0.5, 0.6) is 17.2 Å². The fourth-order valence-corrected chi connectivity index (χ4v) is 1.64. The van der Waals surface area contributed by atoms with Gasteiger partial charge in [0, 0.05) is 6.07 Å². The molecule has 0 atom stereocenters. The minimum atomic E-state index is 0.459. The standard InChI is InChI=1S/C15H17NO3/c1-17-15-8-7-13(11-14(15)16)19-10-9-18-12-5-3-2-4-6-12/h2-8,11H,9-10,16H2,1H3. The van der Waals surface area contributed by atoms with Crippen molar-refractivity contribution in [1.29, 1.82) is 0 Å². The van der Waals surface area contributed by atoms with Crippen LogP contribution in [0, 0.1) is 0 Å². The van der Waals surface area contributed by atoms with Gasteiger partial charge in [-0.05, 0) is 24.3 Å². The Morgan fingerprint density at radius 2 is 1.58 bits per heavy atom. The summed E-state index contributed by atoms with van der Waals surface area (Å²) in [6, 6.07) is 15.0. The first-order valence-electron chi connectivity index (χ1n) is 6.04. The normalized spacial score (nSPS) is 9.95. The van der Waals surface area contributed by atoms with Gasteiger partial charge in [-0.3, -0.25) is 0 Å². The number of benzene rings is 2. The second kappa shape index (κ2) is 6.54. The monoisotopic (exact) mass is 259 g/mol. The zero-order valence-corrected chi connectivity index (χ0v) is 10.8. The Morgan fingerprint density at radius 1 is 0.895 bits per heavy atom. The van der Waals surface area contributed by atoms with E-state index in [9.17, 15) is 0 Å². The lowest BCUT2D eigenvalue weighted by Crippen LogP contribution is -2.09. The van der Waals surface area contributed by atoms with E-state index in [0.29, 0.717) is 30.4 Å². The Bertz CT molecular complexity index is 514. The maximum atomic E-state index is 5.79. The SMILES string of the molecule is COc1ccc(OCCOc2ccccc2)cc1N. The third kappa shape index (κ3) is 3.81. The molecule has 4 heteroatoms. The molecule has 0 aliphatic heterocycles. The zero-order valence-electron chi connectivity index (χ0n) is 10.8. The van der Waals surface area contributed by atoms with E-state index in [4.69, 9.17) is 19.9 Å². The van der Waals surface area contributed by atoms with Gasteiger partial charge in [-0.1, -0.05) is 18.2 Å². The van der Waals surface area contributed by atoms with Crippen LogP contribution in [0.1, 0.15) is 0 Å². The molecule has 0 bridgehead atoms. The molecular formula is C15H17NO3. The Kier molecular flexibility index (Phi) is 4.50. The Labute approximate surface area is 112 Å². The van der Waals surface area contributed by atoms with Gasteiger partial charge < -0.3 is 19.9 Å². The Hall–Kier alpha value is -2.36. The zero-order chi connectivity index (χ0) is 13.5. The molecule has 0 aromatic heterocycles. The second-order valence-corrected chi connectivity index (χ2v) is 3.91. The summed E-state index contributed by atoms with van der Waals surface area (Å²) in [5, 5.41) is 0. The highest BCUT2D eigenvalue weighted by molar-refractivity contribution is 5.56. The highest BCUT2D eigenvalue weighted by Crippen LogP contribution is 2.25. The van der Waals surface area contributed by atoms with Crippen LogP contribution in [0.4, 0.5) is 5.69 Å². The van der Waals surface area contributed by atoms with Crippen LogP contribution in [-0.2, 0) is 0 Å². The smallest absolute Gasteiger partial charge is 0.142 e. The number of anilines is 1. The maximum Gasteiger partial charge on any atom is 0.142 e. The van der Waals surface area contributed by atoms with E-state index in [1.807, 2.05) is 36.4 Å². The van der Waals surface area contributed by atoms with Crippen LogP contribution in [-0.4, -0.2) is 20.3 Å². The summed E-state index contributed by atoms with van der Waals surface area (Å²) >= 11 is 0. The molecule has 100 valence electrons. The van der Waals surface area contributed by atoms with Gasteiger partial charge in [-0.15, -0.1) is 0 Å². The molecule has 4 nitrogen and oxygen atoms in total. The van der Waals surface area contributed by atoms with E-state index < -0.39 is 0 Å². The summed E-state index contributed by atoms with van der Waals surface area (Å²) in [4.78, 5) is 0. The fourth-order valence-electron chi connectivity index (χ4n) is 1.64. The lowest BCUT2D eigenvalue weighted by Gasteiger charge is -2.10. The predicted molar refractivity (Wildman–Crippen MR) is 74.8 cm³/mol. The summed E-state index contributed by atoms with van der Waals surface area (Å²) in [6.45, 7) is 0.941. The van der Waals surface area contributed by atoms with Crippen molar-refractivity contribution < 1.29 is 14.2 Å². The number of hydrogen-bond acceptors (Lipinski definition) is 4. The van der Waals surface area contributed by atoms with Crippen molar-refractivity contribution in [2.75, 3.05) is 26.1 Å². The van der Waals surface area contributed by atoms with Crippen molar-refractivity contribution >= 4 is 5.69 Å². The van der Waals surface area contributed by atoms with Crippen molar-refractivity contribution in [2.45, 2.75) is 0 Å². The number of hydrogen-bond donors (Lipinski definition) is 1. The lowest BCUT2D eigenvalue weighted by molar-refractivity contribution is 0.217. The number of ether oxygens (including phenoxy) is 3. The van der Waals surface area contributed by atoms with Gasteiger partial charge >= 0.3 is 0 Å². The first-order chi connectivity index (χ1) is 9.29. The lowest BCUT2D eigenvalue weighted by atomic mass is 10.3. The van der Waals surface area contributed by atoms with Gasteiger partial charge in [0.15, 0.2) is 0 Å². The van der Waals surface area contributed by atoms with Crippen molar-refractivity contribution in [3.8, 4) is 17.2 Å². The fraction of sp³-hybridized carbons (Fsp3) is 0.200. The topological polar surface area (TPSA) is 53.7 Å². The Balaban J connectivity index is 1.78. The summed E-state index contributed by atoms with van der Waals surface area (Å²) in [5.41, 5.74) is 6.35. The molecule has 2 N–H and O–H groups in total. The van der Waals surface area contributed by atoms with Crippen LogP contribution in [0.2, 0.25) is 0 Å². The molecule has 0 heterocycles. The van der Waals surface area contributed by atoms with E-state index in [-0.39, 0.29) is 0 Å². The minimum absolute atomic E-state index is 0.459. The summed E-state index contributed by atoms with van der Waals surface area (Å²) in [7, 11) is 1.58. The van der Waals surface area contributed by atoms with Crippen molar-refractivity contribution in [2.24, 2.45) is 0 Å². The van der Waals surface area contributed by atoms with Crippen LogP contribution >= 0.6 is 0 Å². The molecule has 0 aliphatic carbocycles. The average Bonchev–Trinajstić information content (AvgIpc) is 2.45. The highest BCUT2D eigenvalue weighted by Gasteiger charge is 2.01. The van der Waals surface area contributed by atoms with Crippen molar-refractivity contribution in [1.82, 2.24) is 0 Å². The highest BCUT2D eigenvalue weighted by atomic mass is 16.5. The van der Waals surface area contributed by atoms with Crippen LogP contribution in [0.25, 0.3) is 0 Å². The quantitative estimate of drug-likeness (QED) is 0.640. The van der Waals surface area contributed by atoms with E-state index in [2.05, 4.69) is 0 Å². The molecule has 2 aromatic carbocycles. The molecular weight excluding hydrogens is 242 g/mol. The summed E-state index contributed by atoms with van der Waals surface area (Å²) in [6.07, 6.45) is 0. The van der Waals surface area contributed by atoms with Gasteiger partial charge in [0.05, 0.1) is 12.8 Å². The molecule has 2 aromatic rings. The molecule has 0 saturated carbocycles. The van der Waals surface area contributed by atoms with Crippen LogP contribution in [0.3, 0.4) is 0 Å². The summed E-state index contributed by atoms with van der Waals surface area (Å²) in [5.74, 6) is 2.18. The number of nitrogens with two attached hydrogens (primary N) is 1. The van der Waals surface area contributed by atoms with E-state index in [0.717, 1.165) is 5.75 Å². The third-order valence-corrected chi connectivity index (χ3v) is 2.57. The predicted octanol–water partition coefficient (Wildman–Crippen LogP) is 2.74. The first-order valence-corrected chi connectivity index (χ1v) is 6.04. The van der Waals surface area contributed by atoms with Crippen molar-refractivity contribution in [3.63, 3.8) is 0 Å². The molecule has 0 saturated heterocycles. The van der Waals surface area contributed by atoms with Gasteiger partial charge in [-0.2, -0.15) is 0 Å². The van der Waals surface area contributed by atoms with Gasteiger partial charge in [0.2, 0.25) is 0 Å². The maximum absolute atomic E-state index is 5.79. The van der Waals surface area contributed by atoms with E-state index in [1.54, 1.807) is 19.2 Å². The molecule has 0 radical (unpaired) electrons. The number of methoxy groups -OCH3 is 1. The van der Waals surface area contributed by atoms with Crippen LogP contribution < -0.4 is 19.9 Å². The average molecular weight is 259 g/mol. The number of nitrogen functional groups attached to an aromatic ring is 1. The molecule has 19 heavy (non-hydrogen) atoms. The van der Waals surface area contributed by atoms with Gasteiger partial charge in [0.25, 0.3) is 0 Å². The second-order valence-electron chi connectivity index (χ2n) is 3.91. The van der Waals surface area contributed by atoms with E-state index >= 15 is 0 Å². The Morgan fingerprint density at radius 3 is 2.21 bits per heavy atom. The molecule has 2 rings (SSSR count). The molecule has 0 amide bonds. The molecule has 0 aliphatic rings. The van der Waals surface area contributed by atoms with Gasteiger partial charge in [0.1, 0.15) is 30.5 Å². The minimum Gasteiger partial charge on any atom is -0.495 e. The summed E-state index contributed by atoms with van der Waals surface area (Å²) < 4.78 is 16.1. The van der Waals surface area contributed by atoms with Crippen molar-refractivity contribution in [3.05, 3.63) is 48.5 Å². The molecule has 0 spiro atoms. The number of rotatable bonds is 6. The molecule has 0 unspecified atom stereocenters. The first kappa shape index (κ1) is 13.1. The third-order valence-electron chi connectivity index (χ3n) is 2.57.